The molecule has 136 valence electrons. The molecule has 2 N–H and O–H groups in total. The molecule has 0 atom stereocenters. The fourth-order valence-electron chi connectivity index (χ4n) is 2.42. The summed E-state index contributed by atoms with van der Waals surface area (Å²) in [5.41, 5.74) is 0.308. The summed E-state index contributed by atoms with van der Waals surface area (Å²) in [4.78, 5) is 12.6. The average Bonchev–Trinajstić information content (AvgIpc) is 3.22. The van der Waals surface area contributed by atoms with Crippen molar-refractivity contribution in [1.29, 1.82) is 0 Å². The quantitative estimate of drug-likeness (QED) is 0.643. The minimum absolute atomic E-state index is 0.0966. The van der Waals surface area contributed by atoms with Crippen molar-refractivity contribution in [3.63, 3.8) is 0 Å². The number of H-pyrrole nitrogens is 2. The maximum absolute atomic E-state index is 12.6. The first-order valence-corrected chi connectivity index (χ1v) is 8.27. The van der Waals surface area contributed by atoms with E-state index in [2.05, 4.69) is 32.3 Å². The van der Waals surface area contributed by atoms with Crippen LogP contribution in [0.15, 0.2) is 16.9 Å². The molecule has 2 aromatic heterocycles. The first-order valence-electron chi connectivity index (χ1n) is 7.89. The number of hydrogen-bond donors (Lipinski definition) is 2. The van der Waals surface area contributed by atoms with E-state index in [0.29, 0.717) is 45.9 Å². The number of ether oxygens (including phenoxy) is 2. The van der Waals surface area contributed by atoms with Crippen LogP contribution in [-0.4, -0.2) is 43.6 Å². The highest BCUT2D eigenvalue weighted by atomic mass is 35.5. The number of tetrazole rings is 1. The number of rotatable bonds is 6. The Labute approximate surface area is 152 Å². The molecule has 10 heteroatoms. The Bertz CT molecular complexity index is 1070. The molecule has 1 aromatic carbocycles. The summed E-state index contributed by atoms with van der Waals surface area (Å²) in [5, 5.41) is 17.2. The van der Waals surface area contributed by atoms with E-state index in [1.807, 2.05) is 13.8 Å². The number of halogens is 1. The van der Waals surface area contributed by atoms with Gasteiger partial charge in [-0.15, -0.1) is 5.10 Å². The van der Waals surface area contributed by atoms with E-state index in [9.17, 15) is 4.79 Å². The van der Waals surface area contributed by atoms with Crippen LogP contribution in [0, 0.1) is 0 Å². The Morgan fingerprint density at radius 3 is 2.73 bits per heavy atom. The van der Waals surface area contributed by atoms with Gasteiger partial charge in [0.2, 0.25) is 0 Å². The number of hydrogen-bond acceptors (Lipinski definition) is 6. The summed E-state index contributed by atoms with van der Waals surface area (Å²) in [6, 6.07) is 3.45. The second-order valence-corrected chi connectivity index (χ2v) is 5.60. The Kier molecular flexibility index (Phi) is 5.08. The Morgan fingerprint density at radius 1 is 1.31 bits per heavy atom. The monoisotopic (exact) mass is 376 g/mol. The fourth-order valence-corrected chi connectivity index (χ4v) is 2.70. The number of nitrogens with one attached hydrogen (secondary N) is 2. The van der Waals surface area contributed by atoms with Gasteiger partial charge < -0.3 is 9.47 Å². The van der Waals surface area contributed by atoms with E-state index >= 15 is 0 Å². The van der Waals surface area contributed by atoms with E-state index in [1.165, 1.54) is 0 Å². The Hall–Kier alpha value is -3.07. The third-order valence-corrected chi connectivity index (χ3v) is 3.75. The summed E-state index contributed by atoms with van der Waals surface area (Å²) in [5.74, 6) is 1.08. The number of nitrogens with zero attached hydrogens (tertiary/aromatic N) is 4. The maximum atomic E-state index is 12.6. The van der Waals surface area contributed by atoms with Crippen molar-refractivity contribution in [2.24, 2.45) is 0 Å². The van der Waals surface area contributed by atoms with Crippen molar-refractivity contribution in [2.75, 3.05) is 13.2 Å². The minimum Gasteiger partial charge on any atom is -0.490 e. The average molecular weight is 377 g/mol. The summed E-state index contributed by atoms with van der Waals surface area (Å²) >= 11 is 6.32. The second-order valence-electron chi connectivity index (χ2n) is 5.20. The molecule has 0 saturated heterocycles. The van der Waals surface area contributed by atoms with Crippen LogP contribution in [0.5, 0.6) is 11.5 Å². The minimum atomic E-state index is -0.362. The highest BCUT2D eigenvalue weighted by molar-refractivity contribution is 6.32. The van der Waals surface area contributed by atoms with E-state index < -0.39 is 0 Å². The maximum Gasteiger partial charge on any atom is 0.291 e. The molecule has 0 aliphatic carbocycles. The first-order chi connectivity index (χ1) is 12.5. The van der Waals surface area contributed by atoms with Crippen LogP contribution in [0.3, 0.4) is 0 Å². The molecule has 0 amide bonds. The van der Waals surface area contributed by atoms with Gasteiger partial charge in [0.25, 0.3) is 11.5 Å². The lowest BCUT2D eigenvalue weighted by Gasteiger charge is -2.13. The molecule has 3 aromatic rings. The molecule has 26 heavy (non-hydrogen) atoms. The smallest absolute Gasteiger partial charge is 0.291 e. The van der Waals surface area contributed by atoms with Gasteiger partial charge in [0.15, 0.2) is 11.5 Å². The molecule has 0 unspecified atom stereocenters. The van der Waals surface area contributed by atoms with Crippen LogP contribution < -0.4 is 25.6 Å². The Balaban J connectivity index is 2.14. The van der Waals surface area contributed by atoms with Crippen molar-refractivity contribution in [2.45, 2.75) is 13.8 Å². The molecule has 2 heterocycles. The zero-order valence-electron chi connectivity index (χ0n) is 14.2. The SMILES string of the molecule is C=c1[nH]n(-c2nn[nH]n2)c(=O)c1=Cc1cc(Cl)c(OCC)c(OCC)c1. The summed E-state index contributed by atoms with van der Waals surface area (Å²) in [6.07, 6.45) is 1.65. The topological polar surface area (TPSA) is 111 Å². The zero-order chi connectivity index (χ0) is 18.7. The van der Waals surface area contributed by atoms with Crippen molar-refractivity contribution >= 4 is 24.3 Å². The number of aromatic amines is 2. The standard InChI is InChI=1S/C16H17ClN6O3/c1-4-25-13-8-10(7-12(17)14(13)26-5-2)6-11-9(3)20-23(15(11)24)16-18-21-22-19-16/h6-8,20H,3-5H2,1-2H3,(H,18,19,21,22). The normalized spacial score (nSPS) is 11.7. The van der Waals surface area contributed by atoms with E-state index in [4.69, 9.17) is 21.1 Å². The van der Waals surface area contributed by atoms with E-state index in [0.717, 1.165) is 4.68 Å². The van der Waals surface area contributed by atoms with Crippen molar-refractivity contribution < 1.29 is 9.47 Å². The van der Waals surface area contributed by atoms with Gasteiger partial charge in [0, 0.05) is 0 Å². The molecule has 0 radical (unpaired) electrons. The van der Waals surface area contributed by atoms with Gasteiger partial charge in [-0.25, -0.2) is 0 Å². The molecule has 0 spiro atoms. The van der Waals surface area contributed by atoms with Crippen LogP contribution in [0.25, 0.3) is 18.6 Å². The molecule has 0 fully saturated rings. The van der Waals surface area contributed by atoms with Crippen LogP contribution in [0.1, 0.15) is 19.4 Å². The third-order valence-electron chi connectivity index (χ3n) is 3.47. The van der Waals surface area contributed by atoms with E-state index in [1.54, 1.807) is 18.2 Å². The van der Waals surface area contributed by atoms with Crippen LogP contribution in [0.4, 0.5) is 0 Å². The van der Waals surface area contributed by atoms with Crippen molar-refractivity contribution in [1.82, 2.24) is 30.4 Å². The van der Waals surface area contributed by atoms with Crippen LogP contribution in [0.2, 0.25) is 5.02 Å². The molecule has 0 bridgehead atoms. The molecular weight excluding hydrogens is 360 g/mol. The molecule has 9 nitrogen and oxygen atoms in total. The second kappa shape index (κ2) is 7.44. The lowest BCUT2D eigenvalue weighted by atomic mass is 10.1. The fraction of sp³-hybridized carbons (Fsp3) is 0.250. The molecular formula is C16H17ClN6O3. The van der Waals surface area contributed by atoms with Crippen molar-refractivity contribution in [3.05, 3.63) is 43.6 Å². The van der Waals surface area contributed by atoms with Gasteiger partial charge in [0.1, 0.15) is 0 Å². The van der Waals surface area contributed by atoms with Gasteiger partial charge in [-0.05, 0) is 42.8 Å². The predicted molar refractivity (Wildman–Crippen MR) is 96.3 cm³/mol. The summed E-state index contributed by atoms with van der Waals surface area (Å²) in [6.45, 7) is 8.49. The van der Waals surface area contributed by atoms with Gasteiger partial charge in [-0.1, -0.05) is 23.3 Å². The third kappa shape index (κ3) is 3.33. The first kappa shape index (κ1) is 17.7. The summed E-state index contributed by atoms with van der Waals surface area (Å²) < 4.78 is 12.3. The van der Waals surface area contributed by atoms with Crippen LogP contribution >= 0.6 is 11.6 Å². The van der Waals surface area contributed by atoms with Gasteiger partial charge >= 0.3 is 0 Å². The highest BCUT2D eigenvalue weighted by Gasteiger charge is 2.13. The predicted octanol–water partition coefficient (Wildman–Crippen LogP) is 0.369. The molecule has 0 aliphatic heterocycles. The lowest BCUT2D eigenvalue weighted by Crippen LogP contribution is -2.34. The van der Waals surface area contributed by atoms with Crippen molar-refractivity contribution in [3.8, 4) is 17.4 Å². The lowest BCUT2D eigenvalue weighted by molar-refractivity contribution is 0.288. The zero-order valence-corrected chi connectivity index (χ0v) is 15.0. The largest absolute Gasteiger partial charge is 0.490 e. The molecule has 3 rings (SSSR count). The number of aromatic nitrogens is 6. The van der Waals surface area contributed by atoms with Gasteiger partial charge in [0.05, 0.1) is 28.8 Å². The van der Waals surface area contributed by atoms with Gasteiger partial charge in [-0.3, -0.25) is 9.89 Å². The number of benzene rings is 1. The van der Waals surface area contributed by atoms with Gasteiger partial charge in [-0.2, -0.15) is 9.90 Å². The summed E-state index contributed by atoms with van der Waals surface area (Å²) in [7, 11) is 0. The Morgan fingerprint density at radius 2 is 2.08 bits per heavy atom. The molecule has 0 saturated carbocycles. The molecule has 0 aliphatic rings. The van der Waals surface area contributed by atoms with Crippen LogP contribution in [-0.2, 0) is 0 Å². The van der Waals surface area contributed by atoms with E-state index in [-0.39, 0.29) is 11.5 Å². The highest BCUT2D eigenvalue weighted by Crippen LogP contribution is 2.36.